The summed E-state index contributed by atoms with van der Waals surface area (Å²) < 4.78 is 6.39. The van der Waals surface area contributed by atoms with Gasteiger partial charge in [-0.15, -0.1) is 0 Å². The molecular weight excluding hydrogens is 284 g/mol. The normalized spacial score (nSPS) is 11.0. The first-order valence-electron chi connectivity index (χ1n) is 6.69. The van der Waals surface area contributed by atoms with E-state index in [4.69, 9.17) is 10.00 Å². The molecule has 0 aliphatic rings. The molecule has 0 spiro atoms. The fourth-order valence-corrected chi connectivity index (χ4v) is 1.89. The maximum Gasteiger partial charge on any atom is 0.435 e. The average molecular weight is 300 g/mol. The number of fused-ring (bicyclic) bond motifs is 1. The molecule has 114 valence electrons. The second-order valence-corrected chi connectivity index (χ2v) is 5.66. The molecule has 0 saturated carbocycles. The lowest BCUT2D eigenvalue weighted by atomic mass is 10.2. The molecule has 7 heteroatoms. The van der Waals surface area contributed by atoms with Crippen molar-refractivity contribution in [2.24, 2.45) is 0 Å². The highest BCUT2D eigenvalue weighted by atomic mass is 16.6. The minimum Gasteiger partial charge on any atom is -0.442 e. The van der Waals surface area contributed by atoms with E-state index < -0.39 is 17.6 Å². The van der Waals surface area contributed by atoms with E-state index in [1.165, 1.54) is 6.20 Å². The quantitative estimate of drug-likeness (QED) is 0.919. The maximum absolute atomic E-state index is 12.2. The lowest BCUT2D eigenvalue weighted by molar-refractivity contribution is -0.115. The van der Waals surface area contributed by atoms with Crippen molar-refractivity contribution in [1.82, 2.24) is 9.78 Å². The number of carbonyl (C=O) groups excluding carboxylic acids is 2. The fraction of sp³-hybridized carbons (Fsp3) is 0.333. The van der Waals surface area contributed by atoms with Crippen molar-refractivity contribution in [2.45, 2.75) is 32.8 Å². The highest BCUT2D eigenvalue weighted by molar-refractivity contribution is 6.03. The summed E-state index contributed by atoms with van der Waals surface area (Å²) in [5.41, 5.74) is 0.179. The second-order valence-electron chi connectivity index (χ2n) is 5.66. The molecule has 1 aromatic heterocycles. The van der Waals surface area contributed by atoms with Gasteiger partial charge in [-0.3, -0.25) is 4.79 Å². The van der Waals surface area contributed by atoms with Gasteiger partial charge in [0.25, 0.3) is 0 Å². The Morgan fingerprint density at radius 2 is 2.14 bits per heavy atom. The van der Waals surface area contributed by atoms with Crippen molar-refractivity contribution < 1.29 is 14.3 Å². The van der Waals surface area contributed by atoms with Crippen LogP contribution < -0.4 is 5.32 Å². The maximum atomic E-state index is 12.2. The van der Waals surface area contributed by atoms with E-state index >= 15 is 0 Å². The van der Waals surface area contributed by atoms with Gasteiger partial charge in [0.2, 0.25) is 5.91 Å². The van der Waals surface area contributed by atoms with Gasteiger partial charge in [-0.1, -0.05) is 12.1 Å². The Morgan fingerprint density at radius 3 is 2.77 bits per heavy atom. The summed E-state index contributed by atoms with van der Waals surface area (Å²) in [7, 11) is 0. The van der Waals surface area contributed by atoms with Gasteiger partial charge in [-0.25, -0.2) is 4.79 Å². The van der Waals surface area contributed by atoms with Crippen molar-refractivity contribution in [3.8, 4) is 6.07 Å². The number of benzene rings is 1. The number of nitrogens with one attached hydrogen (secondary N) is 1. The van der Waals surface area contributed by atoms with Crippen molar-refractivity contribution >= 4 is 28.6 Å². The van der Waals surface area contributed by atoms with Crippen LogP contribution >= 0.6 is 0 Å². The standard InChI is InChI=1S/C15H16N4O3/c1-15(2,3)22-14(21)19-13-10(9-17-19)5-4-6-11(13)18-12(20)7-8-16/h4-6,9H,7H2,1-3H3,(H,18,20). The first-order valence-corrected chi connectivity index (χ1v) is 6.69. The Kier molecular flexibility index (Phi) is 4.13. The molecular formula is C15H16N4O3. The summed E-state index contributed by atoms with van der Waals surface area (Å²) in [5, 5.41) is 15.9. The van der Waals surface area contributed by atoms with Crippen LogP contribution in [0.1, 0.15) is 27.2 Å². The topological polar surface area (TPSA) is 97.0 Å². The molecule has 0 radical (unpaired) electrons. The van der Waals surface area contributed by atoms with Gasteiger partial charge in [0.05, 0.1) is 18.0 Å². The highest BCUT2D eigenvalue weighted by Gasteiger charge is 2.21. The molecule has 0 aliphatic heterocycles. The Labute approximate surface area is 127 Å². The average Bonchev–Trinajstić information content (AvgIpc) is 2.82. The number of aromatic nitrogens is 2. The van der Waals surface area contributed by atoms with E-state index in [9.17, 15) is 9.59 Å². The van der Waals surface area contributed by atoms with Crippen LogP contribution in [0.15, 0.2) is 24.4 Å². The van der Waals surface area contributed by atoms with Crippen LogP contribution in [0, 0.1) is 11.3 Å². The molecule has 0 aliphatic carbocycles. The van der Waals surface area contributed by atoms with Crippen LogP contribution in [-0.2, 0) is 9.53 Å². The fourth-order valence-electron chi connectivity index (χ4n) is 1.89. The summed E-state index contributed by atoms with van der Waals surface area (Å²) in [6.45, 7) is 5.27. The number of carbonyl (C=O) groups is 2. The Bertz CT molecular complexity index is 765. The molecule has 0 saturated heterocycles. The van der Waals surface area contributed by atoms with E-state index in [1.807, 2.05) is 0 Å². The van der Waals surface area contributed by atoms with E-state index in [0.29, 0.717) is 16.6 Å². The van der Waals surface area contributed by atoms with E-state index in [1.54, 1.807) is 45.0 Å². The minimum absolute atomic E-state index is 0.267. The molecule has 0 unspecified atom stereocenters. The lowest BCUT2D eigenvalue weighted by Gasteiger charge is -2.19. The lowest BCUT2D eigenvalue weighted by Crippen LogP contribution is -2.28. The van der Waals surface area contributed by atoms with Crippen LogP contribution in [0.5, 0.6) is 0 Å². The molecule has 2 aromatic rings. The van der Waals surface area contributed by atoms with Crippen LogP contribution in [-0.4, -0.2) is 27.4 Å². The van der Waals surface area contributed by atoms with E-state index in [0.717, 1.165) is 4.68 Å². The van der Waals surface area contributed by atoms with E-state index in [2.05, 4.69) is 10.4 Å². The number of hydrogen-bond donors (Lipinski definition) is 1. The second kappa shape index (κ2) is 5.85. The highest BCUT2D eigenvalue weighted by Crippen LogP contribution is 2.24. The third kappa shape index (κ3) is 3.41. The molecule has 1 amide bonds. The summed E-state index contributed by atoms with van der Waals surface area (Å²) in [5.74, 6) is -0.452. The predicted octanol–water partition coefficient (Wildman–Crippen LogP) is 2.67. The van der Waals surface area contributed by atoms with Gasteiger partial charge in [0, 0.05) is 5.39 Å². The summed E-state index contributed by atoms with van der Waals surface area (Å²) in [6, 6.07) is 6.91. The largest absolute Gasteiger partial charge is 0.442 e. The minimum atomic E-state index is -0.658. The van der Waals surface area contributed by atoms with Gasteiger partial charge in [-0.05, 0) is 26.8 Å². The summed E-state index contributed by atoms with van der Waals surface area (Å²) in [6.07, 6.45) is 0.611. The monoisotopic (exact) mass is 300 g/mol. The van der Waals surface area contributed by atoms with Crippen molar-refractivity contribution in [1.29, 1.82) is 5.26 Å². The molecule has 1 aromatic carbocycles. The number of nitrogens with zero attached hydrogens (tertiary/aromatic N) is 3. The zero-order valence-corrected chi connectivity index (χ0v) is 12.6. The molecule has 0 fully saturated rings. The number of anilines is 1. The SMILES string of the molecule is CC(C)(C)OC(=O)n1ncc2cccc(NC(=O)CC#N)c21. The number of para-hydroxylation sites is 1. The van der Waals surface area contributed by atoms with Gasteiger partial charge in [0.1, 0.15) is 17.5 Å². The Balaban J connectivity index is 2.43. The molecule has 22 heavy (non-hydrogen) atoms. The van der Waals surface area contributed by atoms with Gasteiger partial charge in [-0.2, -0.15) is 15.0 Å². The molecule has 1 N–H and O–H groups in total. The Hall–Kier alpha value is -2.88. The predicted molar refractivity (Wildman–Crippen MR) is 80.2 cm³/mol. The van der Waals surface area contributed by atoms with Crippen LogP contribution in [0.25, 0.3) is 10.9 Å². The van der Waals surface area contributed by atoms with Crippen LogP contribution in [0.4, 0.5) is 10.5 Å². The van der Waals surface area contributed by atoms with Crippen molar-refractivity contribution in [3.63, 3.8) is 0 Å². The summed E-state index contributed by atoms with van der Waals surface area (Å²) in [4.78, 5) is 23.8. The van der Waals surface area contributed by atoms with E-state index in [-0.39, 0.29) is 6.42 Å². The van der Waals surface area contributed by atoms with Crippen LogP contribution in [0.3, 0.4) is 0 Å². The first-order chi connectivity index (χ1) is 10.3. The molecule has 0 atom stereocenters. The number of nitriles is 1. The smallest absolute Gasteiger partial charge is 0.435 e. The molecule has 7 nitrogen and oxygen atoms in total. The molecule has 0 bridgehead atoms. The van der Waals surface area contributed by atoms with Crippen LogP contribution in [0.2, 0.25) is 0 Å². The number of amides is 1. The molecule has 2 rings (SSSR count). The van der Waals surface area contributed by atoms with Gasteiger partial charge < -0.3 is 10.1 Å². The summed E-state index contributed by atoms with van der Waals surface area (Å²) >= 11 is 0. The van der Waals surface area contributed by atoms with Gasteiger partial charge >= 0.3 is 6.09 Å². The Morgan fingerprint density at radius 1 is 1.41 bits per heavy atom. The zero-order valence-electron chi connectivity index (χ0n) is 12.6. The van der Waals surface area contributed by atoms with Crippen molar-refractivity contribution in [3.05, 3.63) is 24.4 Å². The molecule has 1 heterocycles. The van der Waals surface area contributed by atoms with Gasteiger partial charge in [0.15, 0.2) is 0 Å². The number of hydrogen-bond acceptors (Lipinski definition) is 5. The van der Waals surface area contributed by atoms with Crippen molar-refractivity contribution in [2.75, 3.05) is 5.32 Å². The third-order valence-electron chi connectivity index (χ3n) is 2.67. The first kappa shape index (κ1) is 15.5. The number of ether oxygens (including phenoxy) is 1. The zero-order chi connectivity index (χ0) is 16.3. The number of rotatable bonds is 2. The third-order valence-corrected chi connectivity index (χ3v) is 2.67.